The summed E-state index contributed by atoms with van der Waals surface area (Å²) < 4.78 is 20.3. The van der Waals surface area contributed by atoms with Crippen LogP contribution >= 0.6 is 0 Å². The Bertz CT molecular complexity index is 1310. The van der Waals surface area contributed by atoms with Gasteiger partial charge in [0.25, 0.3) is 0 Å². The van der Waals surface area contributed by atoms with Gasteiger partial charge in [0.15, 0.2) is 6.10 Å². The van der Waals surface area contributed by atoms with Gasteiger partial charge in [-0.2, -0.15) is 0 Å². The molecule has 0 aliphatic carbocycles. The zero-order valence-corrected chi connectivity index (χ0v) is 22.3. The van der Waals surface area contributed by atoms with Crippen molar-refractivity contribution in [3.63, 3.8) is 0 Å². The second-order valence-electron chi connectivity index (χ2n) is 11.0. The monoisotopic (exact) mass is 489 g/mol. The molecular weight excluding hydrogens is 453 g/mol. The summed E-state index contributed by atoms with van der Waals surface area (Å²) in [5, 5.41) is 10.3. The smallest absolute Gasteiger partial charge is 0.337 e. The van der Waals surface area contributed by atoms with E-state index in [-0.39, 0.29) is 5.82 Å². The van der Waals surface area contributed by atoms with Crippen molar-refractivity contribution in [2.45, 2.75) is 79.8 Å². The molecule has 0 amide bonds. The lowest BCUT2D eigenvalue weighted by Gasteiger charge is -2.30. The first-order chi connectivity index (χ1) is 16.9. The van der Waals surface area contributed by atoms with Crippen LogP contribution in [0.4, 0.5) is 4.39 Å². The van der Waals surface area contributed by atoms with Gasteiger partial charge in [0.2, 0.25) is 0 Å². The van der Waals surface area contributed by atoms with Crippen LogP contribution in [-0.2, 0) is 29.2 Å². The van der Waals surface area contributed by atoms with Crippen molar-refractivity contribution in [1.29, 1.82) is 0 Å². The van der Waals surface area contributed by atoms with E-state index in [2.05, 4.69) is 36.1 Å². The Morgan fingerprint density at radius 1 is 0.972 bits per heavy atom. The van der Waals surface area contributed by atoms with Crippen LogP contribution in [0.1, 0.15) is 71.4 Å². The summed E-state index contributed by atoms with van der Waals surface area (Å²) in [6.45, 7) is 15.7. The lowest BCUT2D eigenvalue weighted by Crippen LogP contribution is -2.28. The Labute approximate surface area is 213 Å². The molecule has 36 heavy (non-hydrogen) atoms. The fraction of sp³-hybridized carbons (Fsp3) is 0.387. The minimum absolute atomic E-state index is 0.191. The van der Waals surface area contributed by atoms with Crippen molar-refractivity contribution < 1.29 is 19.0 Å². The highest BCUT2D eigenvalue weighted by atomic mass is 19.1. The van der Waals surface area contributed by atoms with Gasteiger partial charge in [-0.3, -0.25) is 4.90 Å². The Kier molecular flexibility index (Phi) is 7.09. The van der Waals surface area contributed by atoms with E-state index in [4.69, 9.17) is 4.74 Å². The van der Waals surface area contributed by atoms with Gasteiger partial charge >= 0.3 is 5.97 Å². The normalized spacial score (nSPS) is 14.7. The van der Waals surface area contributed by atoms with Crippen molar-refractivity contribution >= 4 is 5.97 Å². The third-order valence-corrected chi connectivity index (χ3v) is 7.15. The van der Waals surface area contributed by atoms with Crippen LogP contribution < -0.4 is 0 Å². The summed E-state index contributed by atoms with van der Waals surface area (Å²) in [6, 6.07) is 13.5. The predicted molar refractivity (Wildman–Crippen MR) is 141 cm³/mol. The number of carbonyl (C=O) groups is 1. The molecule has 1 aliphatic rings. The molecule has 0 saturated carbocycles. The molecule has 0 fully saturated rings. The van der Waals surface area contributed by atoms with E-state index >= 15 is 0 Å². The quantitative estimate of drug-likeness (QED) is 0.398. The Hall–Kier alpha value is -3.02. The van der Waals surface area contributed by atoms with E-state index in [0.29, 0.717) is 18.7 Å². The summed E-state index contributed by atoms with van der Waals surface area (Å²) >= 11 is 0. The van der Waals surface area contributed by atoms with Gasteiger partial charge in [-0.1, -0.05) is 42.0 Å². The van der Waals surface area contributed by atoms with Crippen LogP contribution in [0.2, 0.25) is 0 Å². The highest BCUT2D eigenvalue weighted by Gasteiger charge is 2.35. The average molecular weight is 490 g/mol. The predicted octanol–water partition coefficient (Wildman–Crippen LogP) is 7.18. The molecule has 3 aromatic rings. The van der Waals surface area contributed by atoms with Crippen molar-refractivity contribution in [3.05, 3.63) is 92.8 Å². The van der Waals surface area contributed by atoms with Gasteiger partial charge in [0.05, 0.1) is 5.60 Å². The zero-order chi connectivity index (χ0) is 26.4. The molecule has 0 spiro atoms. The molecule has 4 nitrogen and oxygen atoms in total. The van der Waals surface area contributed by atoms with Gasteiger partial charge in [-0.25, -0.2) is 9.18 Å². The van der Waals surface area contributed by atoms with Crippen LogP contribution in [0.3, 0.4) is 0 Å². The Morgan fingerprint density at radius 3 is 2.17 bits per heavy atom. The molecule has 3 aromatic carbocycles. The van der Waals surface area contributed by atoms with E-state index in [1.165, 1.54) is 11.6 Å². The second-order valence-corrected chi connectivity index (χ2v) is 11.0. The summed E-state index contributed by atoms with van der Waals surface area (Å²) in [5.74, 6) is -1.19. The zero-order valence-electron chi connectivity index (χ0n) is 22.3. The number of aliphatic carboxylic acids is 1. The van der Waals surface area contributed by atoms with Crippen molar-refractivity contribution in [2.75, 3.05) is 0 Å². The van der Waals surface area contributed by atoms with Gasteiger partial charge in [-0.15, -0.1) is 0 Å². The van der Waals surface area contributed by atoms with Crippen molar-refractivity contribution in [3.8, 4) is 11.1 Å². The van der Waals surface area contributed by atoms with Crippen LogP contribution in [-0.4, -0.2) is 21.6 Å². The molecule has 1 N–H and O–H groups in total. The largest absolute Gasteiger partial charge is 0.479 e. The van der Waals surface area contributed by atoms with E-state index in [0.717, 1.165) is 51.1 Å². The first-order valence-corrected chi connectivity index (χ1v) is 12.5. The molecule has 5 heteroatoms. The minimum Gasteiger partial charge on any atom is -0.479 e. The molecule has 0 radical (unpaired) electrons. The Morgan fingerprint density at radius 2 is 1.58 bits per heavy atom. The number of nitrogens with zero attached hydrogens (tertiary/aromatic N) is 1. The molecule has 0 bridgehead atoms. The fourth-order valence-electron chi connectivity index (χ4n) is 5.27. The van der Waals surface area contributed by atoms with Gasteiger partial charge in [0.1, 0.15) is 5.82 Å². The number of fused-ring (bicyclic) bond motifs is 1. The first-order valence-electron chi connectivity index (χ1n) is 12.5. The summed E-state index contributed by atoms with van der Waals surface area (Å²) in [6.07, 6.45) is -1.09. The second kappa shape index (κ2) is 9.79. The number of hydrogen-bond acceptors (Lipinski definition) is 3. The Balaban J connectivity index is 1.86. The fourth-order valence-corrected chi connectivity index (χ4v) is 5.27. The van der Waals surface area contributed by atoms with E-state index in [1.807, 2.05) is 47.6 Å². The van der Waals surface area contributed by atoms with Crippen LogP contribution in [0.5, 0.6) is 0 Å². The molecule has 1 atom stereocenters. The summed E-state index contributed by atoms with van der Waals surface area (Å²) in [7, 11) is 0. The molecule has 1 heterocycles. The molecule has 190 valence electrons. The van der Waals surface area contributed by atoms with Gasteiger partial charge in [0, 0.05) is 25.2 Å². The number of halogens is 1. The van der Waals surface area contributed by atoms with E-state index < -0.39 is 17.7 Å². The van der Waals surface area contributed by atoms with E-state index in [9.17, 15) is 14.3 Å². The molecule has 0 unspecified atom stereocenters. The number of carboxylic acid groups (broad SMARTS) is 1. The number of aryl methyl sites for hydroxylation is 1. The third-order valence-electron chi connectivity index (χ3n) is 7.15. The average Bonchev–Trinajstić information content (AvgIpc) is 3.22. The lowest BCUT2D eigenvalue weighted by atomic mass is 9.83. The molecule has 4 rings (SSSR count). The maximum absolute atomic E-state index is 14.2. The minimum atomic E-state index is -1.09. The van der Waals surface area contributed by atoms with Gasteiger partial charge < -0.3 is 9.84 Å². The van der Waals surface area contributed by atoms with Crippen molar-refractivity contribution in [2.24, 2.45) is 0 Å². The highest BCUT2D eigenvalue weighted by Crippen LogP contribution is 2.44. The number of benzene rings is 3. The number of carboxylic acids is 1. The van der Waals surface area contributed by atoms with Crippen LogP contribution in [0, 0.1) is 33.5 Å². The maximum atomic E-state index is 14.2. The van der Waals surface area contributed by atoms with Crippen LogP contribution in [0.25, 0.3) is 11.1 Å². The number of ether oxygens (including phenoxy) is 1. The summed E-state index contributed by atoms with van der Waals surface area (Å²) in [4.78, 5) is 14.9. The molecule has 1 aliphatic heterocycles. The van der Waals surface area contributed by atoms with E-state index in [1.54, 1.807) is 6.07 Å². The topological polar surface area (TPSA) is 49.8 Å². The molecule has 0 saturated heterocycles. The van der Waals surface area contributed by atoms with Crippen molar-refractivity contribution in [1.82, 2.24) is 4.90 Å². The highest BCUT2D eigenvalue weighted by molar-refractivity contribution is 5.84. The maximum Gasteiger partial charge on any atom is 0.337 e. The van der Waals surface area contributed by atoms with Crippen LogP contribution in [0.15, 0.2) is 42.5 Å². The standard InChI is InChI=1S/C31H36FNO3/c1-18-11-13-22(14-12-18)27-20(3)24-16-33(15-23-9-8-10-26(32)19(23)2)17-25(24)21(4)28(27)29(30(34)35)36-31(5,6)7/h8-14,29H,15-17H2,1-7H3,(H,34,35)/t29-/m0/s1. The number of rotatable bonds is 6. The third kappa shape index (κ3) is 5.09. The molecular formula is C31H36FNO3. The number of hydrogen-bond donors (Lipinski definition) is 1. The van der Waals surface area contributed by atoms with Gasteiger partial charge in [-0.05, 0) is 99.0 Å². The first kappa shape index (κ1) is 26.1. The lowest BCUT2D eigenvalue weighted by molar-refractivity contribution is -0.160. The SMILES string of the molecule is Cc1ccc(-c2c(C)c3c(c(C)c2[C@H](OC(C)(C)C)C(=O)O)CN(Cc2cccc(F)c2C)C3)cc1. The summed E-state index contributed by atoms with van der Waals surface area (Å²) in [5.41, 5.74) is 9.22. The molecule has 0 aromatic heterocycles.